The first kappa shape index (κ1) is 18.4. The molecule has 1 fully saturated rings. The number of aryl methyl sites for hydroxylation is 1. The predicted molar refractivity (Wildman–Crippen MR) is 126 cm³/mol. The Morgan fingerprint density at radius 1 is 0.966 bits per heavy atom. The minimum Gasteiger partial charge on any atom is -0.426 e. The number of benzene rings is 3. The molecule has 1 unspecified atom stereocenters. The maximum atomic E-state index is 6.46. The van der Waals surface area contributed by atoms with Crippen LogP contribution in [0.1, 0.15) is 28.3 Å². The zero-order chi connectivity index (χ0) is 19.8. The Morgan fingerprint density at radius 2 is 1.69 bits per heavy atom. The smallest absolute Gasteiger partial charge is 0.298 e. The van der Waals surface area contributed by atoms with E-state index in [1.165, 1.54) is 22.3 Å². The lowest BCUT2D eigenvalue weighted by Gasteiger charge is -2.30. The van der Waals surface area contributed by atoms with Crippen LogP contribution in [0.4, 0.5) is 5.69 Å². The average Bonchev–Trinajstić information content (AvgIpc) is 3.14. The Hall–Kier alpha value is -2.60. The molecule has 29 heavy (non-hydrogen) atoms. The summed E-state index contributed by atoms with van der Waals surface area (Å²) in [5.41, 5.74) is 6.02. The van der Waals surface area contributed by atoms with Crippen molar-refractivity contribution in [3.05, 3.63) is 107 Å². The number of aliphatic imine (C=N–C) groups is 1. The molecule has 4 heteroatoms. The van der Waals surface area contributed by atoms with Crippen LogP contribution in [0, 0.1) is 6.92 Å². The molecule has 144 valence electrons. The number of nitrogens with zero attached hydrogens (tertiary/aromatic N) is 2. The standard InChI is InChI=1S/C25H21IN2O/c1-17-11-13-20(14-12-17)27-25-28-16-15-18-7-5-6-10-21(18)23(28)24(29-25)22(26)19-8-3-2-4-9-19/h2-14,23H,15-16H2,1H3/b24-22+,27-25?. The van der Waals surface area contributed by atoms with Gasteiger partial charge in [0, 0.05) is 6.54 Å². The zero-order valence-corrected chi connectivity index (χ0v) is 18.3. The molecule has 0 aromatic heterocycles. The van der Waals surface area contributed by atoms with Gasteiger partial charge in [-0.25, -0.2) is 0 Å². The van der Waals surface area contributed by atoms with Gasteiger partial charge in [0.2, 0.25) is 0 Å². The second-order valence-electron chi connectivity index (χ2n) is 7.42. The van der Waals surface area contributed by atoms with Crippen LogP contribution >= 0.6 is 22.6 Å². The van der Waals surface area contributed by atoms with E-state index in [0.29, 0.717) is 6.02 Å². The molecular weight excluding hydrogens is 471 g/mol. The minimum absolute atomic E-state index is 0.0660. The van der Waals surface area contributed by atoms with Crippen molar-refractivity contribution in [3.8, 4) is 0 Å². The summed E-state index contributed by atoms with van der Waals surface area (Å²) in [6.07, 6.45) is 0.998. The molecule has 3 nitrogen and oxygen atoms in total. The third kappa shape index (κ3) is 3.46. The van der Waals surface area contributed by atoms with E-state index in [0.717, 1.165) is 28.0 Å². The summed E-state index contributed by atoms with van der Waals surface area (Å²) in [5, 5.41) is 0. The van der Waals surface area contributed by atoms with Gasteiger partial charge in [-0.15, -0.1) is 0 Å². The maximum absolute atomic E-state index is 6.46. The summed E-state index contributed by atoms with van der Waals surface area (Å²) in [4.78, 5) is 7.17. The number of ether oxygens (including phenoxy) is 1. The number of hydrogen-bond acceptors (Lipinski definition) is 2. The summed E-state index contributed by atoms with van der Waals surface area (Å²) in [5.74, 6) is 0.967. The number of fused-ring (bicyclic) bond motifs is 3. The van der Waals surface area contributed by atoms with Gasteiger partial charge in [-0.2, -0.15) is 4.99 Å². The molecule has 1 atom stereocenters. The molecule has 0 radical (unpaired) electrons. The monoisotopic (exact) mass is 492 g/mol. The first-order chi connectivity index (χ1) is 14.2. The van der Waals surface area contributed by atoms with Crippen LogP contribution in [0.2, 0.25) is 0 Å². The SMILES string of the molecule is Cc1ccc(N=C2O/C(=C(/I)c3ccccc3)C3c4ccccc4CCN23)cc1. The summed E-state index contributed by atoms with van der Waals surface area (Å²) in [6.45, 7) is 2.98. The van der Waals surface area contributed by atoms with Crippen LogP contribution in [0.5, 0.6) is 0 Å². The van der Waals surface area contributed by atoms with Crippen molar-refractivity contribution in [2.45, 2.75) is 19.4 Å². The summed E-state index contributed by atoms with van der Waals surface area (Å²) in [7, 11) is 0. The largest absolute Gasteiger partial charge is 0.426 e. The van der Waals surface area contributed by atoms with E-state index in [4.69, 9.17) is 9.73 Å². The van der Waals surface area contributed by atoms with Crippen LogP contribution in [-0.4, -0.2) is 17.5 Å². The average molecular weight is 492 g/mol. The lowest BCUT2D eigenvalue weighted by molar-refractivity contribution is 0.358. The van der Waals surface area contributed by atoms with Crippen molar-refractivity contribution < 1.29 is 4.74 Å². The van der Waals surface area contributed by atoms with E-state index in [-0.39, 0.29) is 6.04 Å². The van der Waals surface area contributed by atoms with Crippen molar-refractivity contribution in [2.75, 3.05) is 6.54 Å². The molecule has 2 aliphatic heterocycles. The summed E-state index contributed by atoms with van der Waals surface area (Å²) in [6, 6.07) is 28.1. The summed E-state index contributed by atoms with van der Waals surface area (Å²) >= 11 is 2.42. The number of halogens is 1. The molecule has 5 rings (SSSR count). The molecule has 0 aliphatic carbocycles. The van der Waals surface area contributed by atoms with E-state index in [2.05, 4.69) is 95.1 Å². The highest BCUT2D eigenvalue weighted by Gasteiger charge is 2.42. The molecule has 0 N–H and O–H groups in total. The molecule has 3 aromatic rings. The number of hydrogen-bond donors (Lipinski definition) is 0. The minimum atomic E-state index is 0.0660. The quantitative estimate of drug-likeness (QED) is 0.386. The first-order valence-corrected chi connectivity index (χ1v) is 10.9. The van der Waals surface area contributed by atoms with Gasteiger partial charge in [0.05, 0.1) is 9.27 Å². The molecule has 3 aromatic carbocycles. The molecule has 2 aliphatic rings. The Labute approximate surface area is 184 Å². The van der Waals surface area contributed by atoms with Crippen molar-refractivity contribution in [3.63, 3.8) is 0 Å². The van der Waals surface area contributed by atoms with Gasteiger partial charge in [-0.05, 0) is 64.8 Å². The highest BCUT2D eigenvalue weighted by Crippen LogP contribution is 2.46. The van der Waals surface area contributed by atoms with E-state index >= 15 is 0 Å². The second-order valence-corrected chi connectivity index (χ2v) is 8.50. The summed E-state index contributed by atoms with van der Waals surface area (Å²) < 4.78 is 7.59. The molecule has 0 amide bonds. The molecule has 0 spiro atoms. The number of rotatable bonds is 2. The van der Waals surface area contributed by atoms with Gasteiger partial charge in [0.15, 0.2) is 0 Å². The predicted octanol–water partition coefficient (Wildman–Crippen LogP) is 6.42. The fraction of sp³-hybridized carbons (Fsp3) is 0.160. The molecule has 2 heterocycles. The Balaban J connectivity index is 1.64. The van der Waals surface area contributed by atoms with Gasteiger partial charge in [-0.3, -0.25) is 0 Å². The molecule has 0 bridgehead atoms. The lowest BCUT2D eigenvalue weighted by Crippen LogP contribution is -2.34. The Morgan fingerprint density at radius 3 is 2.48 bits per heavy atom. The topological polar surface area (TPSA) is 24.8 Å². The van der Waals surface area contributed by atoms with Crippen LogP contribution in [0.25, 0.3) is 3.58 Å². The maximum Gasteiger partial charge on any atom is 0.298 e. The number of amidine groups is 1. The van der Waals surface area contributed by atoms with Crippen molar-refractivity contribution in [2.24, 2.45) is 4.99 Å². The van der Waals surface area contributed by atoms with E-state index in [1.807, 2.05) is 18.2 Å². The van der Waals surface area contributed by atoms with Gasteiger partial charge in [0.25, 0.3) is 6.02 Å². The third-order valence-corrected chi connectivity index (χ3v) is 6.64. The Bertz CT molecular complexity index is 1100. The van der Waals surface area contributed by atoms with Gasteiger partial charge in [-0.1, -0.05) is 72.3 Å². The van der Waals surface area contributed by atoms with Crippen molar-refractivity contribution in [1.82, 2.24) is 4.90 Å². The van der Waals surface area contributed by atoms with Crippen LogP contribution in [0.15, 0.2) is 89.6 Å². The van der Waals surface area contributed by atoms with Gasteiger partial charge >= 0.3 is 0 Å². The molecule has 1 saturated heterocycles. The highest BCUT2D eigenvalue weighted by molar-refractivity contribution is 14.1. The van der Waals surface area contributed by atoms with Crippen LogP contribution in [-0.2, 0) is 11.2 Å². The van der Waals surface area contributed by atoms with Gasteiger partial charge in [0.1, 0.15) is 11.8 Å². The molecular formula is C25H21IN2O. The van der Waals surface area contributed by atoms with E-state index in [1.54, 1.807) is 0 Å². The van der Waals surface area contributed by atoms with Crippen LogP contribution < -0.4 is 0 Å². The van der Waals surface area contributed by atoms with Crippen molar-refractivity contribution in [1.29, 1.82) is 0 Å². The fourth-order valence-corrected chi connectivity index (χ4v) is 4.74. The lowest BCUT2D eigenvalue weighted by atomic mass is 9.92. The van der Waals surface area contributed by atoms with E-state index < -0.39 is 0 Å². The first-order valence-electron chi connectivity index (χ1n) is 9.83. The fourth-order valence-electron chi connectivity index (χ4n) is 3.98. The molecule has 0 saturated carbocycles. The van der Waals surface area contributed by atoms with Crippen molar-refractivity contribution >= 4 is 37.9 Å². The normalized spacial score (nSPS) is 20.8. The van der Waals surface area contributed by atoms with Crippen LogP contribution in [0.3, 0.4) is 0 Å². The van der Waals surface area contributed by atoms with Gasteiger partial charge < -0.3 is 9.64 Å². The Kier molecular flexibility index (Phi) is 4.87. The highest BCUT2D eigenvalue weighted by atomic mass is 127. The zero-order valence-electron chi connectivity index (χ0n) is 16.2. The third-order valence-electron chi connectivity index (χ3n) is 5.48. The van der Waals surface area contributed by atoms with E-state index in [9.17, 15) is 0 Å². The second kappa shape index (κ2) is 7.67.